The predicted molar refractivity (Wildman–Crippen MR) is 77.4 cm³/mol. The zero-order chi connectivity index (χ0) is 13.9. The summed E-state index contributed by atoms with van der Waals surface area (Å²) in [6.07, 6.45) is 0. The molecule has 0 aliphatic heterocycles. The molecule has 102 valence electrons. The van der Waals surface area contributed by atoms with Crippen molar-refractivity contribution in [2.45, 2.75) is 23.7 Å². The Morgan fingerprint density at radius 2 is 1.89 bits per heavy atom. The molecular weight excluding hydrogens is 280 g/mol. The van der Waals surface area contributed by atoms with Gasteiger partial charge in [-0.05, 0) is 24.6 Å². The molecule has 19 heavy (non-hydrogen) atoms. The van der Waals surface area contributed by atoms with Crippen LogP contribution >= 0.6 is 11.3 Å². The van der Waals surface area contributed by atoms with E-state index in [1.807, 2.05) is 37.3 Å². The van der Waals surface area contributed by atoms with E-state index in [9.17, 15) is 8.42 Å². The van der Waals surface area contributed by atoms with Crippen molar-refractivity contribution in [3.63, 3.8) is 0 Å². The van der Waals surface area contributed by atoms with Crippen molar-refractivity contribution >= 4 is 21.4 Å². The SMILES string of the molecule is CC(NS(=O)(=O)c1ccc(CN)s1)c1ccccc1. The number of thiophene rings is 1. The second-order valence-corrected chi connectivity index (χ2v) is 7.29. The minimum absolute atomic E-state index is 0.269. The lowest BCUT2D eigenvalue weighted by molar-refractivity contribution is 0.569. The standard InChI is InChI=1S/C13H16N2O2S2/c1-10(11-5-3-2-4-6-11)15-19(16,17)13-8-7-12(9-14)18-13/h2-8,10,15H,9,14H2,1H3. The van der Waals surface area contributed by atoms with Crippen molar-refractivity contribution in [3.05, 3.63) is 52.9 Å². The number of hydrogen-bond donors (Lipinski definition) is 2. The fourth-order valence-electron chi connectivity index (χ4n) is 1.71. The molecule has 0 spiro atoms. The predicted octanol–water partition coefficient (Wildman–Crippen LogP) is 2.25. The van der Waals surface area contributed by atoms with E-state index in [0.29, 0.717) is 10.8 Å². The molecule has 0 fully saturated rings. The van der Waals surface area contributed by atoms with E-state index < -0.39 is 10.0 Å². The second-order valence-electron chi connectivity index (χ2n) is 4.18. The molecule has 4 nitrogen and oxygen atoms in total. The van der Waals surface area contributed by atoms with Crippen LogP contribution in [0, 0.1) is 0 Å². The van der Waals surface area contributed by atoms with Gasteiger partial charge >= 0.3 is 0 Å². The summed E-state index contributed by atoms with van der Waals surface area (Å²) in [6.45, 7) is 2.18. The largest absolute Gasteiger partial charge is 0.326 e. The van der Waals surface area contributed by atoms with Crippen molar-refractivity contribution in [1.29, 1.82) is 0 Å². The molecule has 0 aliphatic rings. The minimum Gasteiger partial charge on any atom is -0.326 e. The van der Waals surface area contributed by atoms with Gasteiger partial charge in [-0.2, -0.15) is 0 Å². The average molecular weight is 296 g/mol. The summed E-state index contributed by atoms with van der Waals surface area (Å²) in [6, 6.07) is 12.5. The molecule has 6 heteroatoms. The van der Waals surface area contributed by atoms with Crippen molar-refractivity contribution in [1.82, 2.24) is 4.72 Å². The number of sulfonamides is 1. The van der Waals surface area contributed by atoms with Crippen molar-refractivity contribution < 1.29 is 8.42 Å². The Kier molecular flexibility index (Phi) is 4.36. The van der Waals surface area contributed by atoms with Crippen LogP contribution in [0.3, 0.4) is 0 Å². The summed E-state index contributed by atoms with van der Waals surface area (Å²) in [7, 11) is -3.48. The Labute approximate surface area is 117 Å². The Bertz CT molecular complexity index is 636. The first-order chi connectivity index (χ1) is 9.03. The Balaban J connectivity index is 2.17. The van der Waals surface area contributed by atoms with Gasteiger partial charge in [0.2, 0.25) is 0 Å². The monoisotopic (exact) mass is 296 g/mol. The minimum atomic E-state index is -3.48. The number of benzene rings is 1. The molecular formula is C13H16N2O2S2. The van der Waals surface area contributed by atoms with Gasteiger partial charge in [0, 0.05) is 17.5 Å². The number of nitrogens with one attached hydrogen (secondary N) is 1. The van der Waals surface area contributed by atoms with Crippen LogP contribution in [0.1, 0.15) is 23.4 Å². The summed E-state index contributed by atoms with van der Waals surface area (Å²) < 4.78 is 27.4. The molecule has 0 aliphatic carbocycles. The fourth-order valence-corrected chi connectivity index (χ4v) is 4.20. The lowest BCUT2D eigenvalue weighted by Gasteiger charge is -2.13. The molecule has 2 rings (SSSR count). The maximum absolute atomic E-state index is 12.2. The van der Waals surface area contributed by atoms with Gasteiger partial charge in [-0.25, -0.2) is 13.1 Å². The molecule has 1 atom stereocenters. The summed E-state index contributed by atoms with van der Waals surface area (Å²) in [5.41, 5.74) is 6.43. The summed E-state index contributed by atoms with van der Waals surface area (Å²) in [5, 5.41) is 0. The van der Waals surface area contributed by atoms with Crippen LogP contribution in [0.25, 0.3) is 0 Å². The van der Waals surface area contributed by atoms with Crippen LogP contribution in [0.5, 0.6) is 0 Å². The first-order valence-electron chi connectivity index (χ1n) is 5.89. The van der Waals surface area contributed by atoms with Crippen molar-refractivity contribution in [2.24, 2.45) is 5.73 Å². The molecule has 3 N–H and O–H groups in total. The molecule has 1 heterocycles. The van der Waals surface area contributed by atoms with E-state index in [4.69, 9.17) is 5.73 Å². The third kappa shape index (κ3) is 3.42. The Morgan fingerprint density at radius 1 is 1.21 bits per heavy atom. The lowest BCUT2D eigenvalue weighted by Crippen LogP contribution is -2.26. The fraction of sp³-hybridized carbons (Fsp3) is 0.231. The van der Waals surface area contributed by atoms with Gasteiger partial charge < -0.3 is 5.73 Å². The van der Waals surface area contributed by atoms with Gasteiger partial charge in [-0.3, -0.25) is 0 Å². The number of hydrogen-bond acceptors (Lipinski definition) is 4. The molecule has 1 aromatic carbocycles. The van der Waals surface area contributed by atoms with Crippen LogP contribution in [0.15, 0.2) is 46.7 Å². The average Bonchev–Trinajstić information content (AvgIpc) is 2.89. The highest BCUT2D eigenvalue weighted by atomic mass is 32.2. The number of nitrogens with two attached hydrogens (primary N) is 1. The lowest BCUT2D eigenvalue weighted by atomic mass is 10.1. The first-order valence-corrected chi connectivity index (χ1v) is 8.19. The van der Waals surface area contributed by atoms with Crippen LogP contribution in [-0.4, -0.2) is 8.42 Å². The highest BCUT2D eigenvalue weighted by Gasteiger charge is 2.20. The maximum Gasteiger partial charge on any atom is 0.250 e. The molecule has 0 bridgehead atoms. The second kappa shape index (κ2) is 5.83. The topological polar surface area (TPSA) is 72.2 Å². The summed E-state index contributed by atoms with van der Waals surface area (Å²) in [4.78, 5) is 0.854. The van der Waals surface area contributed by atoms with E-state index in [-0.39, 0.29) is 6.04 Å². The zero-order valence-corrected chi connectivity index (χ0v) is 12.2. The van der Waals surface area contributed by atoms with Crippen LogP contribution in [-0.2, 0) is 16.6 Å². The smallest absolute Gasteiger partial charge is 0.250 e. The Hall–Kier alpha value is -1.21. The van der Waals surface area contributed by atoms with E-state index in [2.05, 4.69) is 4.72 Å². The first kappa shape index (κ1) is 14.2. The molecule has 0 radical (unpaired) electrons. The number of rotatable bonds is 5. The van der Waals surface area contributed by atoms with Gasteiger partial charge in [-0.1, -0.05) is 30.3 Å². The normalized spacial score (nSPS) is 13.4. The van der Waals surface area contributed by atoms with Crippen LogP contribution < -0.4 is 10.5 Å². The highest BCUT2D eigenvalue weighted by molar-refractivity contribution is 7.91. The summed E-state index contributed by atoms with van der Waals surface area (Å²) in [5.74, 6) is 0. The van der Waals surface area contributed by atoms with E-state index in [1.54, 1.807) is 12.1 Å². The molecule has 0 saturated heterocycles. The zero-order valence-electron chi connectivity index (χ0n) is 10.5. The van der Waals surface area contributed by atoms with Crippen molar-refractivity contribution in [3.8, 4) is 0 Å². The van der Waals surface area contributed by atoms with Gasteiger partial charge in [-0.15, -0.1) is 11.3 Å². The van der Waals surface area contributed by atoms with Crippen molar-refractivity contribution in [2.75, 3.05) is 0 Å². The third-order valence-electron chi connectivity index (χ3n) is 2.73. The summed E-state index contributed by atoms with van der Waals surface area (Å²) >= 11 is 1.20. The van der Waals surface area contributed by atoms with E-state index in [1.165, 1.54) is 11.3 Å². The van der Waals surface area contributed by atoms with Crippen LogP contribution in [0.2, 0.25) is 0 Å². The van der Waals surface area contributed by atoms with E-state index >= 15 is 0 Å². The third-order valence-corrected chi connectivity index (χ3v) is 5.87. The quantitative estimate of drug-likeness (QED) is 0.889. The van der Waals surface area contributed by atoms with Gasteiger partial charge in [0.25, 0.3) is 10.0 Å². The molecule has 1 unspecified atom stereocenters. The molecule has 1 aromatic heterocycles. The van der Waals surface area contributed by atoms with Gasteiger partial charge in [0.05, 0.1) is 0 Å². The molecule has 0 saturated carbocycles. The molecule has 0 amide bonds. The highest BCUT2D eigenvalue weighted by Crippen LogP contribution is 2.23. The maximum atomic E-state index is 12.2. The van der Waals surface area contributed by atoms with Crippen LogP contribution in [0.4, 0.5) is 0 Å². The molecule has 2 aromatic rings. The van der Waals surface area contributed by atoms with E-state index in [0.717, 1.165) is 10.4 Å². The Morgan fingerprint density at radius 3 is 2.47 bits per heavy atom. The van der Waals surface area contributed by atoms with Gasteiger partial charge in [0.1, 0.15) is 4.21 Å². The van der Waals surface area contributed by atoms with Gasteiger partial charge in [0.15, 0.2) is 0 Å².